The third kappa shape index (κ3) is 2.95. The summed E-state index contributed by atoms with van der Waals surface area (Å²) in [5, 5.41) is 3.28. The van der Waals surface area contributed by atoms with Crippen molar-refractivity contribution in [2.45, 2.75) is 19.4 Å². The zero-order chi connectivity index (χ0) is 9.68. The summed E-state index contributed by atoms with van der Waals surface area (Å²) < 4.78 is 0. The van der Waals surface area contributed by atoms with Crippen LogP contribution in [0.1, 0.15) is 13.3 Å². The van der Waals surface area contributed by atoms with Crippen LogP contribution in [0.5, 0.6) is 0 Å². The third-order valence-electron chi connectivity index (χ3n) is 2.44. The monoisotopic (exact) mass is 186 g/mol. The first-order valence-corrected chi connectivity index (χ1v) is 4.71. The van der Waals surface area contributed by atoms with Gasteiger partial charge in [-0.2, -0.15) is 0 Å². The summed E-state index contributed by atoms with van der Waals surface area (Å²) in [4.78, 5) is 13.4. The van der Waals surface area contributed by atoms with Crippen molar-refractivity contribution in [1.82, 2.24) is 15.6 Å². The van der Waals surface area contributed by atoms with Crippen LogP contribution in [0.2, 0.25) is 0 Å². The van der Waals surface area contributed by atoms with Crippen molar-refractivity contribution in [2.75, 3.05) is 26.2 Å². The molecule has 0 aliphatic carbocycles. The van der Waals surface area contributed by atoms with Crippen LogP contribution in [0.25, 0.3) is 0 Å². The van der Waals surface area contributed by atoms with Crippen molar-refractivity contribution < 1.29 is 4.79 Å². The quantitative estimate of drug-likeness (QED) is 0.284. The van der Waals surface area contributed by atoms with E-state index in [0.29, 0.717) is 0 Å². The van der Waals surface area contributed by atoms with Crippen molar-refractivity contribution in [1.29, 1.82) is 0 Å². The van der Waals surface area contributed by atoms with Crippen LogP contribution in [-0.2, 0) is 4.79 Å². The van der Waals surface area contributed by atoms with E-state index in [1.165, 1.54) is 0 Å². The Balaban J connectivity index is 2.43. The molecule has 1 heterocycles. The average Bonchev–Trinajstić information content (AvgIpc) is 2.43. The summed E-state index contributed by atoms with van der Waals surface area (Å²) >= 11 is 0. The molecule has 1 amide bonds. The number of nitrogens with one attached hydrogen (secondary N) is 2. The lowest BCUT2D eigenvalue weighted by Gasteiger charge is -2.25. The molecule has 13 heavy (non-hydrogen) atoms. The standard InChI is InChI=1S/C8H18N4O/c1-7(8(13)11-9)12-5-2-3-10-4-6-12/h7,10H,2-6,9H2,1H3,(H,11,13). The topological polar surface area (TPSA) is 70.4 Å². The molecule has 1 aliphatic rings. The highest BCUT2D eigenvalue weighted by Gasteiger charge is 2.20. The van der Waals surface area contributed by atoms with Gasteiger partial charge in [-0.25, -0.2) is 5.84 Å². The summed E-state index contributed by atoms with van der Waals surface area (Å²) in [5.74, 6) is 4.97. The molecule has 1 unspecified atom stereocenters. The Bertz CT molecular complexity index is 166. The largest absolute Gasteiger partial charge is 0.315 e. The van der Waals surface area contributed by atoms with Gasteiger partial charge in [0.1, 0.15) is 0 Å². The molecule has 76 valence electrons. The number of carbonyl (C=O) groups excluding carboxylic acids is 1. The van der Waals surface area contributed by atoms with Crippen LogP contribution >= 0.6 is 0 Å². The lowest BCUT2D eigenvalue weighted by molar-refractivity contribution is -0.125. The molecule has 0 saturated carbocycles. The summed E-state index contributed by atoms with van der Waals surface area (Å²) in [6, 6.07) is -0.120. The molecule has 1 rings (SSSR count). The Morgan fingerprint density at radius 3 is 3.00 bits per heavy atom. The molecule has 1 fully saturated rings. The van der Waals surface area contributed by atoms with E-state index in [2.05, 4.69) is 15.6 Å². The Labute approximate surface area is 78.6 Å². The summed E-state index contributed by atoms with van der Waals surface area (Å²) in [5.41, 5.74) is 2.18. The molecule has 0 spiro atoms. The highest BCUT2D eigenvalue weighted by Crippen LogP contribution is 2.01. The highest BCUT2D eigenvalue weighted by atomic mass is 16.2. The fourth-order valence-corrected chi connectivity index (χ4v) is 1.54. The highest BCUT2D eigenvalue weighted by molar-refractivity contribution is 5.80. The molecular weight excluding hydrogens is 168 g/mol. The molecule has 5 nitrogen and oxygen atoms in total. The van der Waals surface area contributed by atoms with E-state index in [1.807, 2.05) is 6.92 Å². The predicted octanol–water partition coefficient (Wildman–Crippen LogP) is -1.34. The minimum atomic E-state index is -0.120. The molecule has 0 radical (unpaired) electrons. The first-order chi connectivity index (χ1) is 6.25. The number of hydrogen-bond donors (Lipinski definition) is 3. The van der Waals surface area contributed by atoms with Gasteiger partial charge in [-0.05, 0) is 19.9 Å². The van der Waals surface area contributed by atoms with E-state index in [0.717, 1.165) is 32.6 Å². The van der Waals surface area contributed by atoms with Gasteiger partial charge in [-0.1, -0.05) is 0 Å². The van der Waals surface area contributed by atoms with Crippen LogP contribution < -0.4 is 16.6 Å². The summed E-state index contributed by atoms with van der Waals surface area (Å²) in [7, 11) is 0. The Hall–Kier alpha value is -0.650. The molecule has 1 saturated heterocycles. The first-order valence-electron chi connectivity index (χ1n) is 4.71. The number of nitrogens with zero attached hydrogens (tertiary/aromatic N) is 1. The zero-order valence-electron chi connectivity index (χ0n) is 8.05. The molecule has 0 aromatic carbocycles. The second-order valence-electron chi connectivity index (χ2n) is 3.32. The molecule has 0 bridgehead atoms. The van der Waals surface area contributed by atoms with Gasteiger partial charge in [0.05, 0.1) is 6.04 Å². The van der Waals surface area contributed by atoms with Crippen molar-refractivity contribution >= 4 is 5.91 Å². The van der Waals surface area contributed by atoms with Crippen molar-refractivity contribution in [3.05, 3.63) is 0 Å². The minimum absolute atomic E-state index is 0.109. The molecule has 0 aromatic heterocycles. The average molecular weight is 186 g/mol. The Morgan fingerprint density at radius 2 is 2.31 bits per heavy atom. The van der Waals surface area contributed by atoms with Gasteiger partial charge in [0.2, 0.25) is 0 Å². The van der Waals surface area contributed by atoms with Crippen molar-refractivity contribution in [2.24, 2.45) is 5.84 Å². The van der Waals surface area contributed by atoms with Gasteiger partial charge in [0.15, 0.2) is 0 Å². The van der Waals surface area contributed by atoms with Crippen LogP contribution in [0.3, 0.4) is 0 Å². The van der Waals surface area contributed by atoms with Gasteiger partial charge in [0.25, 0.3) is 5.91 Å². The first kappa shape index (κ1) is 10.4. The molecule has 0 aromatic rings. The van der Waals surface area contributed by atoms with E-state index >= 15 is 0 Å². The fraction of sp³-hybridized carbons (Fsp3) is 0.875. The number of carbonyl (C=O) groups is 1. The summed E-state index contributed by atoms with van der Waals surface area (Å²) in [6.07, 6.45) is 1.09. The van der Waals surface area contributed by atoms with Crippen molar-refractivity contribution in [3.63, 3.8) is 0 Å². The molecular formula is C8H18N4O. The van der Waals surface area contributed by atoms with E-state index in [4.69, 9.17) is 5.84 Å². The molecule has 5 heteroatoms. The summed E-state index contributed by atoms with van der Waals surface area (Å²) in [6.45, 7) is 5.74. The number of amides is 1. The predicted molar refractivity (Wildman–Crippen MR) is 50.9 cm³/mol. The normalized spacial score (nSPS) is 22.0. The van der Waals surface area contributed by atoms with Gasteiger partial charge >= 0.3 is 0 Å². The lowest BCUT2D eigenvalue weighted by atomic mass is 10.2. The van der Waals surface area contributed by atoms with E-state index < -0.39 is 0 Å². The molecule has 4 N–H and O–H groups in total. The minimum Gasteiger partial charge on any atom is -0.315 e. The van der Waals surface area contributed by atoms with E-state index in [1.54, 1.807) is 0 Å². The van der Waals surface area contributed by atoms with Crippen LogP contribution in [0.4, 0.5) is 0 Å². The fourth-order valence-electron chi connectivity index (χ4n) is 1.54. The molecule has 1 aliphatic heterocycles. The maximum atomic E-state index is 11.2. The zero-order valence-corrected chi connectivity index (χ0v) is 8.05. The van der Waals surface area contributed by atoms with Crippen LogP contribution in [0, 0.1) is 0 Å². The maximum absolute atomic E-state index is 11.2. The Morgan fingerprint density at radius 1 is 1.54 bits per heavy atom. The smallest absolute Gasteiger partial charge is 0.250 e. The number of rotatable bonds is 2. The van der Waals surface area contributed by atoms with Gasteiger partial charge in [-0.3, -0.25) is 15.1 Å². The van der Waals surface area contributed by atoms with Gasteiger partial charge in [-0.15, -0.1) is 0 Å². The Kier molecular flexibility index (Phi) is 4.14. The molecule has 1 atom stereocenters. The second-order valence-corrected chi connectivity index (χ2v) is 3.32. The van der Waals surface area contributed by atoms with E-state index in [-0.39, 0.29) is 11.9 Å². The van der Waals surface area contributed by atoms with Crippen LogP contribution in [-0.4, -0.2) is 43.0 Å². The van der Waals surface area contributed by atoms with Gasteiger partial charge < -0.3 is 5.32 Å². The number of hydrogen-bond acceptors (Lipinski definition) is 4. The SMILES string of the molecule is CC(C(=O)NN)N1CCCNCC1. The second kappa shape index (κ2) is 5.16. The number of nitrogens with two attached hydrogens (primary N) is 1. The maximum Gasteiger partial charge on any atom is 0.250 e. The van der Waals surface area contributed by atoms with Gasteiger partial charge in [0, 0.05) is 19.6 Å². The lowest BCUT2D eigenvalue weighted by Crippen LogP contribution is -2.48. The van der Waals surface area contributed by atoms with Crippen molar-refractivity contribution in [3.8, 4) is 0 Å². The van der Waals surface area contributed by atoms with E-state index in [9.17, 15) is 4.79 Å². The number of hydrazine groups is 1. The third-order valence-corrected chi connectivity index (χ3v) is 2.44. The van der Waals surface area contributed by atoms with Crippen LogP contribution in [0.15, 0.2) is 0 Å².